The van der Waals surface area contributed by atoms with Crippen molar-refractivity contribution in [3.63, 3.8) is 0 Å². The number of methoxy groups -OCH3 is 2. The highest BCUT2D eigenvalue weighted by Gasteiger charge is 2.31. The second-order valence-corrected chi connectivity index (χ2v) is 6.96. The van der Waals surface area contributed by atoms with Gasteiger partial charge in [0, 0.05) is 17.4 Å². The second-order valence-electron chi connectivity index (χ2n) is 6.96. The van der Waals surface area contributed by atoms with Gasteiger partial charge in [0.1, 0.15) is 6.07 Å². The number of rotatable bonds is 6. The van der Waals surface area contributed by atoms with Crippen LogP contribution in [0.25, 0.3) is 5.57 Å². The minimum absolute atomic E-state index is 0.00574. The number of imidazole rings is 1. The molecular weight excluding hydrogens is 400 g/mol. The molecule has 0 fully saturated rings. The molecule has 0 atom stereocenters. The van der Waals surface area contributed by atoms with Gasteiger partial charge in [-0.1, -0.05) is 12.1 Å². The summed E-state index contributed by atoms with van der Waals surface area (Å²) in [5, 5.41) is 11.7. The largest absolute Gasteiger partial charge is 0.468 e. The summed E-state index contributed by atoms with van der Waals surface area (Å²) < 4.78 is 9.56. The van der Waals surface area contributed by atoms with Gasteiger partial charge < -0.3 is 19.8 Å². The molecule has 0 saturated carbocycles. The van der Waals surface area contributed by atoms with Gasteiger partial charge in [0.15, 0.2) is 17.4 Å². The molecule has 9 nitrogen and oxygen atoms in total. The first-order valence-electron chi connectivity index (χ1n) is 9.74. The molecule has 0 bridgehead atoms. The standard InChI is InChI=1S/C22H22N4O5/c1-30-21(28)18(22(29)31-2)14-8-9-17(16(10-14)13-6-4-3-5-7-13)26-20(27)19-24-12-15(11-23)25-19/h6,8-10,12,18H,3-5,7H2,1-2H3,(H,24,25)(H,26,27). The van der Waals surface area contributed by atoms with Gasteiger partial charge in [-0.3, -0.25) is 14.4 Å². The summed E-state index contributed by atoms with van der Waals surface area (Å²) in [5.41, 5.74) is 2.73. The lowest BCUT2D eigenvalue weighted by molar-refractivity contribution is -0.154. The molecule has 31 heavy (non-hydrogen) atoms. The number of carbonyl (C=O) groups excluding carboxylic acids is 3. The summed E-state index contributed by atoms with van der Waals surface area (Å²) in [6.45, 7) is 0. The number of amides is 1. The van der Waals surface area contributed by atoms with Gasteiger partial charge >= 0.3 is 11.9 Å². The van der Waals surface area contributed by atoms with E-state index in [1.54, 1.807) is 18.2 Å². The Kier molecular flexibility index (Phi) is 6.82. The van der Waals surface area contributed by atoms with Crippen molar-refractivity contribution < 1.29 is 23.9 Å². The molecule has 0 spiro atoms. The average Bonchev–Trinajstić information content (AvgIpc) is 3.30. The van der Waals surface area contributed by atoms with Crippen LogP contribution in [0.4, 0.5) is 5.69 Å². The number of H-pyrrole nitrogens is 1. The molecule has 1 aromatic heterocycles. The number of nitriles is 1. The molecule has 1 aromatic carbocycles. The molecule has 160 valence electrons. The van der Waals surface area contributed by atoms with E-state index in [2.05, 4.69) is 21.4 Å². The first-order valence-corrected chi connectivity index (χ1v) is 9.74. The normalized spacial score (nSPS) is 13.2. The van der Waals surface area contributed by atoms with E-state index in [0.717, 1.165) is 31.3 Å². The van der Waals surface area contributed by atoms with Crippen LogP contribution in [0.15, 0.2) is 30.5 Å². The number of nitrogens with zero attached hydrogens (tertiary/aromatic N) is 2. The molecule has 2 aromatic rings. The lowest BCUT2D eigenvalue weighted by Gasteiger charge is -2.20. The predicted molar refractivity (Wildman–Crippen MR) is 111 cm³/mol. The highest BCUT2D eigenvalue weighted by atomic mass is 16.5. The average molecular weight is 422 g/mol. The smallest absolute Gasteiger partial charge is 0.324 e. The molecule has 1 amide bonds. The summed E-state index contributed by atoms with van der Waals surface area (Å²) in [5.74, 6) is -3.19. The Bertz CT molecular complexity index is 1060. The second kappa shape index (κ2) is 9.71. The van der Waals surface area contributed by atoms with Gasteiger partial charge in [0.2, 0.25) is 0 Å². The lowest BCUT2D eigenvalue weighted by atomic mass is 9.89. The van der Waals surface area contributed by atoms with Crippen molar-refractivity contribution in [3.05, 3.63) is 53.1 Å². The summed E-state index contributed by atoms with van der Waals surface area (Å²) in [7, 11) is 2.41. The fourth-order valence-corrected chi connectivity index (χ4v) is 3.48. The quantitative estimate of drug-likeness (QED) is 0.540. The number of benzene rings is 1. The molecule has 1 heterocycles. The highest BCUT2D eigenvalue weighted by molar-refractivity contribution is 6.04. The molecule has 1 aliphatic carbocycles. The fraction of sp³-hybridized carbons (Fsp3) is 0.318. The van der Waals surface area contributed by atoms with E-state index in [1.807, 2.05) is 6.07 Å². The van der Waals surface area contributed by atoms with Crippen LogP contribution in [0.3, 0.4) is 0 Å². The maximum absolute atomic E-state index is 12.6. The Hall–Kier alpha value is -3.93. The van der Waals surface area contributed by atoms with E-state index in [1.165, 1.54) is 20.4 Å². The van der Waals surface area contributed by atoms with Crippen LogP contribution in [-0.4, -0.2) is 42.0 Å². The van der Waals surface area contributed by atoms with E-state index in [4.69, 9.17) is 14.7 Å². The molecule has 0 saturated heterocycles. The Balaban J connectivity index is 2.01. The number of aromatic nitrogens is 2. The van der Waals surface area contributed by atoms with E-state index in [-0.39, 0.29) is 11.5 Å². The zero-order valence-electron chi connectivity index (χ0n) is 17.2. The Morgan fingerprint density at radius 1 is 1.19 bits per heavy atom. The van der Waals surface area contributed by atoms with Gasteiger partial charge in [-0.25, -0.2) is 4.98 Å². The molecule has 2 N–H and O–H groups in total. The summed E-state index contributed by atoms with van der Waals surface area (Å²) in [6, 6.07) is 6.77. The fourth-order valence-electron chi connectivity index (χ4n) is 3.48. The number of allylic oxidation sites excluding steroid dienone is 2. The SMILES string of the molecule is COC(=O)C(C(=O)OC)c1ccc(NC(=O)c2nc(C#N)c[nH]2)c(C2=CCCCC2)c1. The Morgan fingerprint density at radius 2 is 1.94 bits per heavy atom. The number of ether oxygens (including phenoxy) is 2. The van der Waals surface area contributed by atoms with Crippen molar-refractivity contribution in [2.24, 2.45) is 0 Å². The number of nitrogens with one attached hydrogen (secondary N) is 2. The van der Waals surface area contributed by atoms with Crippen LogP contribution in [-0.2, 0) is 19.1 Å². The zero-order chi connectivity index (χ0) is 22.4. The molecule has 9 heteroatoms. The van der Waals surface area contributed by atoms with E-state index in [0.29, 0.717) is 16.8 Å². The molecule has 0 unspecified atom stereocenters. The van der Waals surface area contributed by atoms with Crippen molar-refractivity contribution >= 4 is 29.1 Å². The Morgan fingerprint density at radius 3 is 2.52 bits per heavy atom. The molecule has 3 rings (SSSR count). The maximum atomic E-state index is 12.6. The first-order chi connectivity index (χ1) is 15.0. The number of anilines is 1. The van der Waals surface area contributed by atoms with Crippen LogP contribution >= 0.6 is 0 Å². The number of esters is 2. The third kappa shape index (κ3) is 4.80. The number of hydrogen-bond donors (Lipinski definition) is 2. The third-order valence-corrected chi connectivity index (χ3v) is 5.04. The van der Waals surface area contributed by atoms with Gasteiger partial charge in [-0.05, 0) is 49.0 Å². The third-order valence-electron chi connectivity index (χ3n) is 5.04. The maximum Gasteiger partial charge on any atom is 0.324 e. The highest BCUT2D eigenvalue weighted by Crippen LogP contribution is 2.34. The van der Waals surface area contributed by atoms with Crippen molar-refractivity contribution in [1.29, 1.82) is 5.26 Å². The van der Waals surface area contributed by atoms with Gasteiger partial charge in [0.25, 0.3) is 5.91 Å². The van der Waals surface area contributed by atoms with Gasteiger partial charge in [0.05, 0.1) is 14.2 Å². The summed E-state index contributed by atoms with van der Waals surface area (Å²) >= 11 is 0. The summed E-state index contributed by atoms with van der Waals surface area (Å²) in [6.07, 6.45) is 7.19. The van der Waals surface area contributed by atoms with Crippen LogP contribution in [0.1, 0.15) is 59.0 Å². The summed E-state index contributed by atoms with van der Waals surface area (Å²) in [4.78, 5) is 43.7. The van der Waals surface area contributed by atoms with Crippen LogP contribution in [0.2, 0.25) is 0 Å². The molecule has 1 aliphatic rings. The van der Waals surface area contributed by atoms with E-state index in [9.17, 15) is 14.4 Å². The topological polar surface area (TPSA) is 134 Å². The molecule has 0 aliphatic heterocycles. The van der Waals surface area contributed by atoms with Gasteiger partial charge in [-0.15, -0.1) is 0 Å². The minimum atomic E-state index is -1.23. The van der Waals surface area contributed by atoms with Crippen LogP contribution < -0.4 is 5.32 Å². The minimum Gasteiger partial charge on any atom is -0.468 e. The number of carbonyl (C=O) groups is 3. The monoisotopic (exact) mass is 422 g/mol. The van der Waals surface area contributed by atoms with Crippen LogP contribution in [0.5, 0.6) is 0 Å². The lowest BCUT2D eigenvalue weighted by Crippen LogP contribution is -2.24. The van der Waals surface area contributed by atoms with E-state index >= 15 is 0 Å². The zero-order valence-corrected chi connectivity index (χ0v) is 17.2. The molecular formula is C22H22N4O5. The number of hydrogen-bond acceptors (Lipinski definition) is 7. The van der Waals surface area contributed by atoms with Gasteiger partial charge in [-0.2, -0.15) is 5.26 Å². The van der Waals surface area contributed by atoms with Crippen molar-refractivity contribution in [1.82, 2.24) is 9.97 Å². The number of aromatic amines is 1. The van der Waals surface area contributed by atoms with Crippen LogP contribution in [0, 0.1) is 11.3 Å². The van der Waals surface area contributed by atoms with E-state index < -0.39 is 23.8 Å². The molecule has 0 radical (unpaired) electrons. The van der Waals surface area contributed by atoms with Crippen molar-refractivity contribution in [3.8, 4) is 6.07 Å². The van der Waals surface area contributed by atoms with Crippen molar-refractivity contribution in [2.45, 2.75) is 31.6 Å². The Labute approximate surface area is 179 Å². The predicted octanol–water partition coefficient (Wildman–Crippen LogP) is 2.92. The van der Waals surface area contributed by atoms with Crippen molar-refractivity contribution in [2.75, 3.05) is 19.5 Å². The first kappa shape index (κ1) is 21.8.